The molecule has 0 aliphatic rings. The molecule has 0 bridgehead atoms. The van der Waals surface area contributed by atoms with Crippen LogP contribution in [0.3, 0.4) is 0 Å². The Labute approximate surface area is 122 Å². The van der Waals surface area contributed by atoms with Crippen molar-refractivity contribution in [2.24, 2.45) is 5.73 Å². The summed E-state index contributed by atoms with van der Waals surface area (Å²) in [6.07, 6.45) is 0. The molecule has 2 aromatic carbocycles. The molecular weight excluding hydrogens is 272 g/mol. The van der Waals surface area contributed by atoms with Crippen LogP contribution in [0, 0.1) is 0 Å². The molecule has 5 heteroatoms. The molecule has 0 heterocycles. The maximum atomic E-state index is 11.1. The van der Waals surface area contributed by atoms with Gasteiger partial charge in [0.15, 0.2) is 0 Å². The number of nitrogens with two attached hydrogens (primary N) is 2. The molecule has 0 atom stereocenters. The lowest BCUT2D eigenvalue weighted by Gasteiger charge is -2.08. The topological polar surface area (TPSA) is 78.3 Å². The average molecular weight is 288 g/mol. The van der Waals surface area contributed by atoms with Crippen molar-refractivity contribution < 1.29 is 9.53 Å². The summed E-state index contributed by atoms with van der Waals surface area (Å²) in [5.41, 5.74) is 13.5. The second-order valence-corrected chi connectivity index (χ2v) is 5.27. The molecular formula is C15H16N2O2S. The van der Waals surface area contributed by atoms with Crippen LogP contribution >= 0.6 is 11.8 Å². The third-order valence-electron chi connectivity index (χ3n) is 2.83. The lowest BCUT2D eigenvalue weighted by Crippen LogP contribution is -2.10. The number of amides is 1. The van der Waals surface area contributed by atoms with Crippen LogP contribution in [-0.4, -0.2) is 13.0 Å². The zero-order valence-electron chi connectivity index (χ0n) is 11.1. The van der Waals surface area contributed by atoms with Gasteiger partial charge in [-0.2, -0.15) is 0 Å². The SMILES string of the molecule is COc1ccc(N)c(SCc2cccc(C(N)=O)c2)c1. The second kappa shape index (κ2) is 6.34. The summed E-state index contributed by atoms with van der Waals surface area (Å²) in [5, 5.41) is 0. The number of anilines is 1. The highest BCUT2D eigenvalue weighted by Gasteiger charge is 2.05. The van der Waals surface area contributed by atoms with Crippen LogP contribution in [0.2, 0.25) is 0 Å². The third kappa shape index (κ3) is 3.45. The normalized spacial score (nSPS) is 10.2. The summed E-state index contributed by atoms with van der Waals surface area (Å²) in [6, 6.07) is 12.8. The summed E-state index contributed by atoms with van der Waals surface area (Å²) in [6.45, 7) is 0. The first-order valence-electron chi connectivity index (χ1n) is 6.05. The Hall–Kier alpha value is -2.14. The zero-order chi connectivity index (χ0) is 14.5. The molecule has 20 heavy (non-hydrogen) atoms. The fraction of sp³-hybridized carbons (Fsp3) is 0.133. The third-order valence-corrected chi connectivity index (χ3v) is 3.97. The van der Waals surface area contributed by atoms with Crippen molar-refractivity contribution >= 4 is 23.4 Å². The standard InChI is InChI=1S/C15H16N2O2S/c1-19-12-5-6-13(16)14(8-12)20-9-10-3-2-4-11(7-10)15(17)18/h2-8H,9,16H2,1H3,(H2,17,18). The quantitative estimate of drug-likeness (QED) is 0.655. The van der Waals surface area contributed by atoms with E-state index in [2.05, 4.69) is 0 Å². The predicted molar refractivity (Wildman–Crippen MR) is 81.9 cm³/mol. The van der Waals surface area contributed by atoms with E-state index in [0.29, 0.717) is 17.0 Å². The van der Waals surface area contributed by atoms with E-state index in [-0.39, 0.29) is 0 Å². The first kappa shape index (κ1) is 14.3. The predicted octanol–water partition coefficient (Wildman–Crippen LogP) is 2.67. The molecule has 0 saturated carbocycles. The highest BCUT2D eigenvalue weighted by molar-refractivity contribution is 7.98. The molecule has 0 saturated heterocycles. The fourth-order valence-corrected chi connectivity index (χ4v) is 2.68. The van der Waals surface area contributed by atoms with Gasteiger partial charge in [0, 0.05) is 21.9 Å². The van der Waals surface area contributed by atoms with E-state index >= 15 is 0 Å². The molecule has 0 aromatic heterocycles. The van der Waals surface area contributed by atoms with E-state index in [4.69, 9.17) is 16.2 Å². The summed E-state index contributed by atoms with van der Waals surface area (Å²) in [4.78, 5) is 12.1. The number of rotatable bonds is 5. The Kier molecular flexibility index (Phi) is 4.53. The largest absolute Gasteiger partial charge is 0.497 e. The Morgan fingerprint density at radius 3 is 2.75 bits per heavy atom. The molecule has 0 aliphatic heterocycles. The molecule has 2 rings (SSSR count). The van der Waals surface area contributed by atoms with Crippen LogP contribution in [0.25, 0.3) is 0 Å². The van der Waals surface area contributed by atoms with Gasteiger partial charge in [-0.25, -0.2) is 0 Å². The molecule has 4 N–H and O–H groups in total. The Bertz CT molecular complexity index is 629. The summed E-state index contributed by atoms with van der Waals surface area (Å²) in [7, 11) is 1.62. The molecule has 0 spiro atoms. The minimum absolute atomic E-state index is 0.419. The van der Waals surface area contributed by atoms with E-state index in [1.807, 2.05) is 30.3 Å². The van der Waals surface area contributed by atoms with Gasteiger partial charge in [0.2, 0.25) is 5.91 Å². The minimum Gasteiger partial charge on any atom is -0.497 e. The first-order chi connectivity index (χ1) is 9.60. The summed E-state index contributed by atoms with van der Waals surface area (Å²) < 4.78 is 5.18. The van der Waals surface area contributed by atoms with Crippen LogP contribution in [0.15, 0.2) is 47.4 Å². The van der Waals surface area contributed by atoms with Gasteiger partial charge in [0.05, 0.1) is 7.11 Å². The van der Waals surface area contributed by atoms with Crippen molar-refractivity contribution in [2.45, 2.75) is 10.6 Å². The van der Waals surface area contributed by atoms with Crippen molar-refractivity contribution in [1.82, 2.24) is 0 Å². The maximum Gasteiger partial charge on any atom is 0.248 e. The van der Waals surface area contributed by atoms with E-state index < -0.39 is 5.91 Å². The molecule has 0 unspecified atom stereocenters. The van der Waals surface area contributed by atoms with Crippen molar-refractivity contribution in [3.8, 4) is 5.75 Å². The molecule has 104 valence electrons. The monoisotopic (exact) mass is 288 g/mol. The van der Waals surface area contributed by atoms with Gasteiger partial charge >= 0.3 is 0 Å². The number of carbonyl (C=O) groups is 1. The molecule has 0 radical (unpaired) electrons. The number of methoxy groups -OCH3 is 1. The molecule has 1 amide bonds. The Morgan fingerprint density at radius 2 is 2.05 bits per heavy atom. The molecule has 0 fully saturated rings. The van der Waals surface area contributed by atoms with Gasteiger partial charge in [-0.1, -0.05) is 12.1 Å². The van der Waals surface area contributed by atoms with Gasteiger partial charge in [-0.05, 0) is 35.9 Å². The van der Waals surface area contributed by atoms with Crippen molar-refractivity contribution in [3.63, 3.8) is 0 Å². The van der Waals surface area contributed by atoms with Crippen molar-refractivity contribution in [2.75, 3.05) is 12.8 Å². The van der Waals surface area contributed by atoms with E-state index in [0.717, 1.165) is 16.2 Å². The number of hydrogen-bond acceptors (Lipinski definition) is 4. The van der Waals surface area contributed by atoms with Gasteiger partial charge in [0.1, 0.15) is 5.75 Å². The summed E-state index contributed by atoms with van der Waals surface area (Å²) >= 11 is 1.59. The van der Waals surface area contributed by atoms with E-state index in [1.165, 1.54) is 0 Å². The average Bonchev–Trinajstić information content (AvgIpc) is 2.46. The molecule has 2 aromatic rings. The highest BCUT2D eigenvalue weighted by atomic mass is 32.2. The number of ether oxygens (including phenoxy) is 1. The van der Waals surface area contributed by atoms with Gasteiger partial charge in [-0.3, -0.25) is 4.79 Å². The molecule has 4 nitrogen and oxygen atoms in total. The second-order valence-electron chi connectivity index (χ2n) is 4.26. The number of benzene rings is 2. The summed E-state index contributed by atoms with van der Waals surface area (Å²) in [5.74, 6) is 1.06. The van der Waals surface area contributed by atoms with Crippen LogP contribution in [-0.2, 0) is 5.75 Å². The van der Waals surface area contributed by atoms with Crippen molar-refractivity contribution in [3.05, 3.63) is 53.6 Å². The van der Waals surface area contributed by atoms with Crippen LogP contribution in [0.1, 0.15) is 15.9 Å². The fourth-order valence-electron chi connectivity index (χ4n) is 1.74. The lowest BCUT2D eigenvalue weighted by atomic mass is 10.1. The number of primary amides is 1. The zero-order valence-corrected chi connectivity index (χ0v) is 11.9. The van der Waals surface area contributed by atoms with Crippen LogP contribution < -0.4 is 16.2 Å². The number of hydrogen-bond donors (Lipinski definition) is 2. The van der Waals surface area contributed by atoms with E-state index in [1.54, 1.807) is 31.0 Å². The first-order valence-corrected chi connectivity index (χ1v) is 7.04. The minimum atomic E-state index is -0.419. The molecule has 0 aliphatic carbocycles. The lowest BCUT2D eigenvalue weighted by molar-refractivity contribution is 0.1000. The number of nitrogen functional groups attached to an aromatic ring is 1. The highest BCUT2D eigenvalue weighted by Crippen LogP contribution is 2.31. The van der Waals surface area contributed by atoms with Gasteiger partial charge in [-0.15, -0.1) is 11.8 Å². The maximum absolute atomic E-state index is 11.1. The van der Waals surface area contributed by atoms with Crippen LogP contribution in [0.4, 0.5) is 5.69 Å². The van der Waals surface area contributed by atoms with Crippen molar-refractivity contribution in [1.29, 1.82) is 0 Å². The van der Waals surface area contributed by atoms with Gasteiger partial charge < -0.3 is 16.2 Å². The smallest absolute Gasteiger partial charge is 0.248 e. The van der Waals surface area contributed by atoms with Crippen LogP contribution in [0.5, 0.6) is 5.75 Å². The Morgan fingerprint density at radius 1 is 1.25 bits per heavy atom. The van der Waals surface area contributed by atoms with E-state index in [9.17, 15) is 4.79 Å². The Balaban J connectivity index is 2.12. The number of thioether (sulfide) groups is 1. The number of carbonyl (C=O) groups excluding carboxylic acids is 1. The van der Waals surface area contributed by atoms with Gasteiger partial charge in [0.25, 0.3) is 0 Å².